The van der Waals surface area contributed by atoms with E-state index >= 15 is 0 Å². The number of guanidine groups is 1. The van der Waals surface area contributed by atoms with Gasteiger partial charge in [-0.1, -0.05) is 19.1 Å². The summed E-state index contributed by atoms with van der Waals surface area (Å²) < 4.78 is 38.1. The highest BCUT2D eigenvalue weighted by molar-refractivity contribution is 14.0. The number of carbonyl (C=O) groups excluding carboxylic acids is 1. The van der Waals surface area contributed by atoms with Gasteiger partial charge in [-0.15, -0.1) is 24.0 Å². The largest absolute Gasteiger partial charge is 0.416 e. The van der Waals surface area contributed by atoms with Crippen molar-refractivity contribution in [1.29, 1.82) is 0 Å². The van der Waals surface area contributed by atoms with Gasteiger partial charge in [-0.05, 0) is 37.5 Å². The smallest absolute Gasteiger partial charge is 0.357 e. The molecular formula is C21H33F3IN5O. The maximum Gasteiger partial charge on any atom is 0.416 e. The minimum absolute atomic E-state index is 0. The quantitative estimate of drug-likeness (QED) is 0.249. The summed E-state index contributed by atoms with van der Waals surface area (Å²) in [5, 5.41) is 9.42. The lowest BCUT2D eigenvalue weighted by molar-refractivity contribution is -0.137. The molecule has 0 spiro atoms. The molecule has 3 N–H and O–H groups in total. The molecule has 0 saturated carbocycles. The molecule has 1 atom stereocenters. The highest BCUT2D eigenvalue weighted by atomic mass is 127. The summed E-state index contributed by atoms with van der Waals surface area (Å²) in [7, 11) is 0. The second kappa shape index (κ2) is 13.8. The fraction of sp³-hybridized carbons (Fsp3) is 0.619. The van der Waals surface area contributed by atoms with Crippen molar-refractivity contribution >= 4 is 35.8 Å². The number of halogens is 4. The lowest BCUT2D eigenvalue weighted by Crippen LogP contribution is -2.44. The molecule has 1 aromatic rings. The Morgan fingerprint density at radius 3 is 2.52 bits per heavy atom. The maximum atomic E-state index is 12.7. The molecule has 1 aromatic carbocycles. The van der Waals surface area contributed by atoms with Crippen LogP contribution in [0.2, 0.25) is 0 Å². The Bertz CT molecular complexity index is 697. The first-order chi connectivity index (χ1) is 14.3. The Balaban J connectivity index is 0.00000480. The van der Waals surface area contributed by atoms with Crippen LogP contribution in [-0.4, -0.2) is 55.5 Å². The van der Waals surface area contributed by atoms with Gasteiger partial charge in [0, 0.05) is 45.2 Å². The third kappa shape index (κ3) is 10.1. The second-order valence-corrected chi connectivity index (χ2v) is 7.42. The highest BCUT2D eigenvalue weighted by Crippen LogP contribution is 2.29. The summed E-state index contributed by atoms with van der Waals surface area (Å²) in [6.45, 7) is 8.05. The predicted molar refractivity (Wildman–Crippen MR) is 128 cm³/mol. The molecule has 0 aliphatic carbocycles. The lowest BCUT2D eigenvalue weighted by Gasteiger charge is -2.19. The van der Waals surface area contributed by atoms with Gasteiger partial charge in [0.1, 0.15) is 0 Å². The molecule has 1 saturated heterocycles. The van der Waals surface area contributed by atoms with Crippen LogP contribution in [0.3, 0.4) is 0 Å². The fourth-order valence-corrected chi connectivity index (χ4v) is 3.29. The maximum absolute atomic E-state index is 12.7. The Morgan fingerprint density at radius 1 is 1.19 bits per heavy atom. The van der Waals surface area contributed by atoms with Gasteiger partial charge in [0.05, 0.1) is 12.1 Å². The van der Waals surface area contributed by atoms with Crippen molar-refractivity contribution in [2.75, 3.05) is 32.7 Å². The van der Waals surface area contributed by atoms with E-state index in [9.17, 15) is 18.0 Å². The summed E-state index contributed by atoms with van der Waals surface area (Å²) >= 11 is 0. The van der Waals surface area contributed by atoms with Gasteiger partial charge in [-0.25, -0.2) is 0 Å². The summed E-state index contributed by atoms with van der Waals surface area (Å²) in [4.78, 5) is 18.4. The normalized spacial score (nSPS) is 17.2. The number of hydrogen-bond acceptors (Lipinski definition) is 3. The van der Waals surface area contributed by atoms with E-state index in [1.54, 1.807) is 12.1 Å². The Kier molecular flexibility index (Phi) is 12.2. The van der Waals surface area contributed by atoms with Crippen LogP contribution >= 0.6 is 24.0 Å². The van der Waals surface area contributed by atoms with Crippen molar-refractivity contribution in [2.45, 2.75) is 51.9 Å². The number of likely N-dealkylation sites (tertiary alicyclic amines) is 1. The molecular weight excluding hydrogens is 522 g/mol. The average molecular weight is 555 g/mol. The van der Waals surface area contributed by atoms with Crippen LogP contribution in [0.4, 0.5) is 13.2 Å². The summed E-state index contributed by atoms with van der Waals surface area (Å²) in [5.41, 5.74) is 0.240. The molecule has 1 aliphatic rings. The van der Waals surface area contributed by atoms with Gasteiger partial charge in [0.15, 0.2) is 5.96 Å². The van der Waals surface area contributed by atoms with Crippen molar-refractivity contribution in [3.8, 4) is 0 Å². The van der Waals surface area contributed by atoms with Gasteiger partial charge in [0.25, 0.3) is 0 Å². The SMILES string of the molecule is CCCNC(=O)CCN=C(NCC)NC1CCN(Cc2ccc(C(F)(F)F)cc2)C1.I. The van der Waals surface area contributed by atoms with Crippen molar-refractivity contribution < 1.29 is 18.0 Å². The molecule has 1 amide bonds. The highest BCUT2D eigenvalue weighted by Gasteiger charge is 2.30. The first kappa shape index (κ1) is 27.5. The minimum atomic E-state index is -4.31. The van der Waals surface area contributed by atoms with Crippen LogP contribution in [0, 0.1) is 0 Å². The van der Waals surface area contributed by atoms with Crippen LogP contribution in [0.1, 0.15) is 44.2 Å². The Labute approximate surface area is 199 Å². The molecule has 176 valence electrons. The number of carbonyl (C=O) groups is 1. The number of rotatable bonds is 9. The lowest BCUT2D eigenvalue weighted by atomic mass is 10.1. The number of benzene rings is 1. The van der Waals surface area contributed by atoms with Gasteiger partial charge >= 0.3 is 6.18 Å². The van der Waals surface area contributed by atoms with E-state index in [-0.39, 0.29) is 35.9 Å². The molecule has 1 unspecified atom stereocenters. The zero-order valence-electron chi connectivity index (χ0n) is 18.1. The Morgan fingerprint density at radius 2 is 1.90 bits per heavy atom. The summed E-state index contributed by atoms with van der Waals surface area (Å²) in [5.74, 6) is 0.683. The van der Waals surface area contributed by atoms with Crippen molar-refractivity contribution in [1.82, 2.24) is 20.9 Å². The van der Waals surface area contributed by atoms with Gasteiger partial charge < -0.3 is 16.0 Å². The molecule has 0 aromatic heterocycles. The molecule has 1 aliphatic heterocycles. The fourth-order valence-electron chi connectivity index (χ4n) is 3.29. The predicted octanol–water partition coefficient (Wildman–Crippen LogP) is 3.37. The molecule has 31 heavy (non-hydrogen) atoms. The summed E-state index contributed by atoms with van der Waals surface area (Å²) in [6, 6.07) is 5.55. The number of alkyl halides is 3. The topological polar surface area (TPSA) is 68.8 Å². The average Bonchev–Trinajstić information content (AvgIpc) is 3.13. The zero-order chi connectivity index (χ0) is 22.0. The molecule has 6 nitrogen and oxygen atoms in total. The number of hydrogen-bond donors (Lipinski definition) is 3. The minimum Gasteiger partial charge on any atom is -0.357 e. The van der Waals surface area contributed by atoms with Crippen molar-refractivity contribution in [3.05, 3.63) is 35.4 Å². The molecule has 1 heterocycles. The molecule has 0 bridgehead atoms. The van der Waals surface area contributed by atoms with Crippen LogP contribution < -0.4 is 16.0 Å². The van der Waals surface area contributed by atoms with E-state index in [1.165, 1.54) is 0 Å². The number of amides is 1. The van der Waals surface area contributed by atoms with E-state index in [1.807, 2.05) is 13.8 Å². The van der Waals surface area contributed by atoms with Crippen LogP contribution in [0.5, 0.6) is 0 Å². The van der Waals surface area contributed by atoms with E-state index < -0.39 is 11.7 Å². The number of aliphatic imine (C=N–C) groups is 1. The second-order valence-electron chi connectivity index (χ2n) is 7.42. The first-order valence-corrected chi connectivity index (χ1v) is 10.5. The van der Waals surface area contributed by atoms with Crippen molar-refractivity contribution in [3.63, 3.8) is 0 Å². The van der Waals surface area contributed by atoms with Crippen molar-refractivity contribution in [2.24, 2.45) is 4.99 Å². The molecule has 2 rings (SSSR count). The van der Waals surface area contributed by atoms with Crippen LogP contribution in [0.15, 0.2) is 29.3 Å². The zero-order valence-corrected chi connectivity index (χ0v) is 20.4. The van der Waals surface area contributed by atoms with E-state index in [0.29, 0.717) is 32.0 Å². The first-order valence-electron chi connectivity index (χ1n) is 10.5. The third-order valence-corrected chi connectivity index (χ3v) is 4.83. The molecule has 0 radical (unpaired) electrons. The number of nitrogens with one attached hydrogen (secondary N) is 3. The van der Waals surface area contributed by atoms with Gasteiger partial charge in [-0.2, -0.15) is 13.2 Å². The van der Waals surface area contributed by atoms with Crippen LogP contribution in [-0.2, 0) is 17.5 Å². The van der Waals surface area contributed by atoms with E-state index in [2.05, 4.69) is 25.8 Å². The van der Waals surface area contributed by atoms with E-state index in [0.717, 1.165) is 50.2 Å². The standard InChI is InChI=1S/C21H32F3N5O.HI/c1-3-11-26-19(30)9-12-27-20(25-4-2)28-18-10-13-29(15-18)14-16-5-7-17(8-6-16)21(22,23)24;/h5-8,18H,3-4,9-15H2,1-2H3,(H,26,30)(H2,25,27,28);1H. The molecule has 10 heteroatoms. The summed E-state index contributed by atoms with van der Waals surface area (Å²) in [6.07, 6.45) is -2.13. The monoisotopic (exact) mass is 555 g/mol. The number of nitrogens with zero attached hydrogens (tertiary/aromatic N) is 2. The van der Waals surface area contributed by atoms with Gasteiger partial charge in [0.2, 0.25) is 5.91 Å². The van der Waals surface area contributed by atoms with Gasteiger partial charge in [-0.3, -0.25) is 14.7 Å². The van der Waals surface area contributed by atoms with Crippen LogP contribution in [0.25, 0.3) is 0 Å². The molecule has 1 fully saturated rings. The van der Waals surface area contributed by atoms with E-state index in [4.69, 9.17) is 0 Å². The Hall–Kier alpha value is -1.56. The third-order valence-electron chi connectivity index (χ3n) is 4.83.